The highest BCUT2D eigenvalue weighted by atomic mass is 16.5. The molecule has 144 valence electrons. The normalized spacial score (nSPS) is 15.2. The Labute approximate surface area is 162 Å². The number of nitrogens with one attached hydrogen (secondary N) is 1. The van der Waals surface area contributed by atoms with E-state index in [0.717, 1.165) is 27.6 Å². The second-order valence-electron chi connectivity index (χ2n) is 7.06. The fourth-order valence-electron chi connectivity index (χ4n) is 3.11. The van der Waals surface area contributed by atoms with Crippen LogP contribution in [-0.4, -0.2) is 39.2 Å². The molecule has 4 rings (SSSR count). The van der Waals surface area contributed by atoms with Crippen LogP contribution in [0.1, 0.15) is 30.7 Å². The van der Waals surface area contributed by atoms with E-state index in [1.165, 1.54) is 0 Å². The van der Waals surface area contributed by atoms with Crippen LogP contribution in [0.5, 0.6) is 0 Å². The number of pyridine rings is 3. The monoisotopic (exact) mass is 378 g/mol. The summed E-state index contributed by atoms with van der Waals surface area (Å²) in [4.78, 5) is 25.3. The van der Waals surface area contributed by atoms with Crippen molar-refractivity contribution in [1.29, 1.82) is 0 Å². The van der Waals surface area contributed by atoms with Crippen LogP contribution < -0.4 is 5.32 Å². The minimum Gasteiger partial charge on any atom is -0.387 e. The van der Waals surface area contributed by atoms with Crippen LogP contribution in [-0.2, 0) is 9.53 Å². The van der Waals surface area contributed by atoms with E-state index >= 15 is 0 Å². The maximum absolute atomic E-state index is 12.0. The van der Waals surface area contributed by atoms with Gasteiger partial charge in [-0.05, 0) is 37.1 Å². The first kappa shape index (κ1) is 18.5. The fraction of sp³-hybridized carbons (Fsp3) is 0.333. The molecule has 1 fully saturated rings. The highest BCUT2D eigenvalue weighted by Crippen LogP contribution is 2.27. The molecule has 1 amide bonds. The molecule has 7 nitrogen and oxygen atoms in total. The molecule has 1 atom stereocenters. The molecule has 0 radical (unpaired) electrons. The third-order valence-corrected chi connectivity index (χ3v) is 5.00. The number of anilines is 1. The Morgan fingerprint density at radius 2 is 1.93 bits per heavy atom. The number of hydrogen-bond acceptors (Lipinski definition) is 6. The number of rotatable bonds is 5. The number of aliphatic hydroxyl groups is 1. The summed E-state index contributed by atoms with van der Waals surface area (Å²) in [6, 6.07) is 5.67. The number of fused-ring (bicyclic) bond motifs is 1. The summed E-state index contributed by atoms with van der Waals surface area (Å²) < 4.78 is 5.05. The van der Waals surface area contributed by atoms with Gasteiger partial charge in [-0.2, -0.15) is 0 Å². The van der Waals surface area contributed by atoms with Crippen molar-refractivity contribution in [2.24, 2.45) is 5.92 Å². The topological polar surface area (TPSA) is 97.2 Å². The molecule has 0 saturated carbocycles. The van der Waals surface area contributed by atoms with Crippen LogP contribution in [0.3, 0.4) is 0 Å². The van der Waals surface area contributed by atoms with Gasteiger partial charge in [0.2, 0.25) is 5.91 Å². The summed E-state index contributed by atoms with van der Waals surface area (Å²) in [6.07, 6.45) is 5.31. The molecule has 1 aliphatic rings. The summed E-state index contributed by atoms with van der Waals surface area (Å²) in [5.41, 5.74) is 3.38. The summed E-state index contributed by atoms with van der Waals surface area (Å²) in [5, 5.41) is 14.6. The molecule has 3 aromatic heterocycles. The van der Waals surface area contributed by atoms with Gasteiger partial charge in [0, 0.05) is 34.9 Å². The van der Waals surface area contributed by atoms with E-state index in [1.807, 2.05) is 32.0 Å². The highest BCUT2D eigenvalue weighted by molar-refractivity contribution is 5.95. The van der Waals surface area contributed by atoms with E-state index in [9.17, 15) is 9.90 Å². The van der Waals surface area contributed by atoms with E-state index in [-0.39, 0.29) is 11.8 Å². The molecular formula is C21H22N4O3. The number of amides is 1. The SMILES string of the molecule is CC[C@@H](O)c1cc(C)c(-c2cc3cnc(NC(=O)C4COC4)cc3cn2)cn1. The predicted octanol–water partition coefficient (Wildman–Crippen LogP) is 3.03. The lowest BCUT2D eigenvalue weighted by atomic mass is 10.0. The number of aromatic nitrogens is 3. The number of ether oxygens (including phenoxy) is 1. The molecule has 0 aromatic carbocycles. The number of nitrogens with zero attached hydrogens (tertiary/aromatic N) is 3. The van der Waals surface area contributed by atoms with Gasteiger partial charge in [-0.1, -0.05) is 6.92 Å². The largest absolute Gasteiger partial charge is 0.387 e. The van der Waals surface area contributed by atoms with Crippen molar-refractivity contribution in [3.05, 3.63) is 48.0 Å². The van der Waals surface area contributed by atoms with Crippen molar-refractivity contribution in [3.63, 3.8) is 0 Å². The molecule has 0 spiro atoms. The molecule has 7 heteroatoms. The minimum atomic E-state index is -0.554. The Morgan fingerprint density at radius 3 is 2.61 bits per heavy atom. The Bertz CT molecular complexity index is 1030. The van der Waals surface area contributed by atoms with E-state index in [0.29, 0.717) is 31.1 Å². The predicted molar refractivity (Wildman–Crippen MR) is 106 cm³/mol. The van der Waals surface area contributed by atoms with Gasteiger partial charge in [0.25, 0.3) is 0 Å². The first-order valence-electron chi connectivity index (χ1n) is 9.34. The van der Waals surface area contributed by atoms with Crippen LogP contribution in [0, 0.1) is 12.8 Å². The molecule has 0 bridgehead atoms. The Kier molecular flexibility index (Phi) is 5.02. The van der Waals surface area contributed by atoms with Gasteiger partial charge >= 0.3 is 0 Å². The van der Waals surface area contributed by atoms with Gasteiger partial charge in [-0.3, -0.25) is 14.8 Å². The van der Waals surface area contributed by atoms with Gasteiger partial charge < -0.3 is 15.2 Å². The average molecular weight is 378 g/mol. The van der Waals surface area contributed by atoms with Crippen LogP contribution in [0.25, 0.3) is 22.0 Å². The van der Waals surface area contributed by atoms with Crippen LogP contribution >= 0.6 is 0 Å². The van der Waals surface area contributed by atoms with Crippen LogP contribution in [0.4, 0.5) is 5.82 Å². The lowest BCUT2D eigenvalue weighted by molar-refractivity contribution is -0.133. The zero-order valence-electron chi connectivity index (χ0n) is 15.8. The molecule has 1 aliphatic heterocycles. The molecule has 0 unspecified atom stereocenters. The average Bonchev–Trinajstić information content (AvgIpc) is 2.65. The molecule has 3 aromatic rings. The summed E-state index contributed by atoms with van der Waals surface area (Å²) in [7, 11) is 0. The zero-order chi connectivity index (χ0) is 19.7. The first-order chi connectivity index (χ1) is 13.5. The number of carbonyl (C=O) groups excluding carboxylic acids is 1. The fourth-order valence-corrected chi connectivity index (χ4v) is 3.11. The van der Waals surface area contributed by atoms with Crippen molar-refractivity contribution in [2.45, 2.75) is 26.4 Å². The van der Waals surface area contributed by atoms with Crippen LogP contribution in [0.2, 0.25) is 0 Å². The van der Waals surface area contributed by atoms with Crippen molar-refractivity contribution in [2.75, 3.05) is 18.5 Å². The molecule has 0 aliphatic carbocycles. The maximum Gasteiger partial charge on any atom is 0.233 e. The Hall–Kier alpha value is -2.90. The minimum absolute atomic E-state index is 0.0706. The number of hydrogen-bond donors (Lipinski definition) is 2. The number of aryl methyl sites for hydroxylation is 1. The lowest BCUT2D eigenvalue weighted by Gasteiger charge is -2.24. The maximum atomic E-state index is 12.0. The third kappa shape index (κ3) is 3.58. The van der Waals surface area contributed by atoms with Gasteiger partial charge in [-0.15, -0.1) is 0 Å². The Balaban J connectivity index is 1.59. The smallest absolute Gasteiger partial charge is 0.233 e. The summed E-state index contributed by atoms with van der Waals surface area (Å²) in [6.45, 7) is 4.83. The second-order valence-corrected chi connectivity index (χ2v) is 7.06. The van der Waals surface area contributed by atoms with Gasteiger partial charge in [0.15, 0.2) is 0 Å². The zero-order valence-corrected chi connectivity index (χ0v) is 15.8. The second kappa shape index (κ2) is 7.61. The first-order valence-corrected chi connectivity index (χ1v) is 9.34. The standard InChI is InChI=1S/C21H22N4O3/c1-3-19(26)18-4-12(2)16(9-23-18)17-5-13-8-24-20(6-14(13)7-22-17)25-21(27)15-10-28-11-15/h4-9,15,19,26H,3,10-11H2,1-2H3,(H,24,25,27)/t19-/m1/s1. The van der Waals surface area contributed by atoms with Crippen molar-refractivity contribution >= 4 is 22.5 Å². The quantitative estimate of drug-likeness (QED) is 0.708. The lowest BCUT2D eigenvalue weighted by Crippen LogP contribution is -2.38. The summed E-state index contributed by atoms with van der Waals surface area (Å²) >= 11 is 0. The Morgan fingerprint density at radius 1 is 1.18 bits per heavy atom. The molecule has 1 saturated heterocycles. The molecular weight excluding hydrogens is 356 g/mol. The van der Waals surface area contributed by atoms with Gasteiger partial charge in [0.1, 0.15) is 5.82 Å². The van der Waals surface area contributed by atoms with Crippen molar-refractivity contribution in [1.82, 2.24) is 15.0 Å². The van der Waals surface area contributed by atoms with E-state index in [1.54, 1.807) is 18.6 Å². The molecule has 4 heterocycles. The molecule has 28 heavy (non-hydrogen) atoms. The summed E-state index contributed by atoms with van der Waals surface area (Å²) in [5.74, 6) is 0.344. The van der Waals surface area contributed by atoms with Crippen molar-refractivity contribution in [3.8, 4) is 11.3 Å². The van der Waals surface area contributed by atoms with E-state index in [2.05, 4.69) is 20.3 Å². The number of aliphatic hydroxyl groups excluding tert-OH is 1. The third-order valence-electron chi connectivity index (χ3n) is 5.00. The van der Waals surface area contributed by atoms with Crippen molar-refractivity contribution < 1.29 is 14.6 Å². The van der Waals surface area contributed by atoms with Crippen LogP contribution in [0.15, 0.2) is 36.8 Å². The molecule has 2 N–H and O–H groups in total. The highest BCUT2D eigenvalue weighted by Gasteiger charge is 2.26. The van der Waals surface area contributed by atoms with Gasteiger partial charge in [0.05, 0.1) is 36.6 Å². The number of carbonyl (C=O) groups is 1. The van der Waals surface area contributed by atoms with E-state index < -0.39 is 6.10 Å². The van der Waals surface area contributed by atoms with Gasteiger partial charge in [-0.25, -0.2) is 4.98 Å². The van der Waals surface area contributed by atoms with E-state index in [4.69, 9.17) is 4.74 Å².